The smallest absolute Gasteiger partial charge is 0.131 e. The third-order valence-electron chi connectivity index (χ3n) is 3.35. The molecule has 1 N–H and O–H groups in total. The Morgan fingerprint density at radius 2 is 1.79 bits per heavy atom. The number of aryl methyl sites for hydroxylation is 1. The molecule has 1 atom stereocenters. The van der Waals surface area contributed by atoms with Crippen molar-refractivity contribution in [1.29, 1.82) is 0 Å². The maximum Gasteiger partial charge on any atom is 0.131 e. The second-order valence-corrected chi connectivity index (χ2v) is 4.88. The van der Waals surface area contributed by atoms with E-state index in [4.69, 9.17) is 0 Å². The van der Waals surface area contributed by atoms with E-state index < -0.39 is 0 Å². The molecular formula is C17H20FN. The summed E-state index contributed by atoms with van der Waals surface area (Å²) in [6.45, 7) is 7.14. The van der Waals surface area contributed by atoms with Crippen LogP contribution in [0.4, 0.5) is 4.39 Å². The minimum absolute atomic E-state index is 0.168. The fraction of sp³-hybridized carbons (Fsp3) is 0.294. The van der Waals surface area contributed by atoms with Crippen molar-refractivity contribution in [2.24, 2.45) is 0 Å². The van der Waals surface area contributed by atoms with E-state index in [2.05, 4.69) is 31.3 Å². The van der Waals surface area contributed by atoms with Crippen molar-refractivity contribution in [2.45, 2.75) is 26.8 Å². The third kappa shape index (κ3) is 3.21. The van der Waals surface area contributed by atoms with Gasteiger partial charge in [0.2, 0.25) is 0 Å². The Kier molecular flexibility index (Phi) is 4.33. The van der Waals surface area contributed by atoms with Gasteiger partial charge < -0.3 is 5.32 Å². The molecule has 0 saturated carbocycles. The Morgan fingerprint density at radius 3 is 2.42 bits per heavy atom. The predicted octanol–water partition coefficient (Wildman–Crippen LogP) is 4.47. The molecule has 0 aliphatic carbocycles. The van der Waals surface area contributed by atoms with Crippen molar-refractivity contribution >= 4 is 0 Å². The second kappa shape index (κ2) is 5.98. The molecule has 2 aromatic carbocycles. The van der Waals surface area contributed by atoms with E-state index in [0.29, 0.717) is 11.6 Å². The van der Waals surface area contributed by atoms with Gasteiger partial charge in [-0.2, -0.15) is 0 Å². The molecule has 2 rings (SSSR count). The van der Waals surface area contributed by atoms with Gasteiger partial charge in [-0.1, -0.05) is 42.8 Å². The Morgan fingerprint density at radius 1 is 1.11 bits per heavy atom. The summed E-state index contributed by atoms with van der Waals surface area (Å²) in [5, 5.41) is 3.37. The van der Waals surface area contributed by atoms with Crippen LogP contribution in [0.5, 0.6) is 0 Å². The zero-order chi connectivity index (χ0) is 13.8. The summed E-state index contributed by atoms with van der Waals surface area (Å²) < 4.78 is 13.8. The van der Waals surface area contributed by atoms with Crippen molar-refractivity contribution in [3.05, 3.63) is 59.4 Å². The summed E-state index contributed by atoms with van der Waals surface area (Å²) in [5.74, 6) is -0.168. The van der Waals surface area contributed by atoms with Crippen LogP contribution >= 0.6 is 0 Å². The van der Waals surface area contributed by atoms with Crippen molar-refractivity contribution < 1.29 is 4.39 Å². The summed E-state index contributed by atoms with van der Waals surface area (Å²) in [4.78, 5) is 0. The lowest BCUT2D eigenvalue weighted by Gasteiger charge is -2.13. The topological polar surface area (TPSA) is 12.0 Å². The first-order valence-corrected chi connectivity index (χ1v) is 6.71. The van der Waals surface area contributed by atoms with Crippen molar-refractivity contribution in [2.75, 3.05) is 6.54 Å². The van der Waals surface area contributed by atoms with Gasteiger partial charge in [0.15, 0.2) is 0 Å². The molecule has 19 heavy (non-hydrogen) atoms. The lowest BCUT2D eigenvalue weighted by molar-refractivity contribution is 0.598. The molecule has 2 aromatic rings. The van der Waals surface area contributed by atoms with Crippen molar-refractivity contribution in [1.82, 2.24) is 5.32 Å². The number of hydrogen-bond acceptors (Lipinski definition) is 1. The minimum Gasteiger partial charge on any atom is -0.310 e. The van der Waals surface area contributed by atoms with Crippen LogP contribution in [0.1, 0.15) is 31.0 Å². The Bertz CT molecular complexity index is 546. The van der Waals surface area contributed by atoms with Gasteiger partial charge in [0.05, 0.1) is 0 Å². The van der Waals surface area contributed by atoms with Gasteiger partial charge in [0.25, 0.3) is 0 Å². The van der Waals surface area contributed by atoms with Gasteiger partial charge in [0.1, 0.15) is 5.82 Å². The predicted molar refractivity (Wildman–Crippen MR) is 78.7 cm³/mol. The summed E-state index contributed by atoms with van der Waals surface area (Å²) in [7, 11) is 0. The largest absolute Gasteiger partial charge is 0.310 e. The maximum absolute atomic E-state index is 13.8. The van der Waals surface area contributed by atoms with Crippen LogP contribution in [0.3, 0.4) is 0 Å². The van der Waals surface area contributed by atoms with Gasteiger partial charge >= 0.3 is 0 Å². The molecule has 1 nitrogen and oxygen atoms in total. The Balaban J connectivity index is 2.29. The van der Waals surface area contributed by atoms with Crippen molar-refractivity contribution in [3.63, 3.8) is 0 Å². The monoisotopic (exact) mass is 257 g/mol. The highest BCUT2D eigenvalue weighted by Gasteiger charge is 2.07. The van der Waals surface area contributed by atoms with Gasteiger partial charge in [-0.15, -0.1) is 0 Å². The second-order valence-electron chi connectivity index (χ2n) is 4.88. The zero-order valence-corrected chi connectivity index (χ0v) is 11.7. The van der Waals surface area contributed by atoms with E-state index in [-0.39, 0.29) is 5.82 Å². The van der Waals surface area contributed by atoms with E-state index in [9.17, 15) is 4.39 Å². The quantitative estimate of drug-likeness (QED) is 0.852. The molecule has 2 heteroatoms. The molecule has 0 bridgehead atoms. The molecule has 0 saturated heterocycles. The highest BCUT2D eigenvalue weighted by atomic mass is 19.1. The molecule has 0 aliphatic rings. The first kappa shape index (κ1) is 13.8. The first-order chi connectivity index (χ1) is 9.11. The van der Waals surface area contributed by atoms with Crippen LogP contribution < -0.4 is 5.32 Å². The number of rotatable bonds is 4. The summed E-state index contributed by atoms with van der Waals surface area (Å²) in [5.41, 5.74) is 3.89. The molecule has 0 aliphatic heterocycles. The van der Waals surface area contributed by atoms with E-state index in [1.165, 1.54) is 11.6 Å². The number of hydrogen-bond donors (Lipinski definition) is 1. The standard InChI is InChI=1S/C17H20FN/c1-4-19-13(3)14-6-8-15(9-7-14)16-11-12(2)5-10-17(16)18/h5-11,13,19H,4H2,1-3H3. The number of halogens is 1. The van der Waals surface area contributed by atoms with Crippen LogP contribution in [0.25, 0.3) is 11.1 Å². The molecule has 0 heterocycles. The normalized spacial score (nSPS) is 12.4. The highest BCUT2D eigenvalue weighted by Crippen LogP contribution is 2.25. The molecular weight excluding hydrogens is 237 g/mol. The van der Waals surface area contributed by atoms with E-state index >= 15 is 0 Å². The van der Waals surface area contributed by atoms with Gasteiger partial charge in [-0.05, 0) is 43.7 Å². The average Bonchev–Trinajstić information content (AvgIpc) is 2.42. The number of nitrogens with one attached hydrogen (secondary N) is 1. The lowest BCUT2D eigenvalue weighted by atomic mass is 9.99. The molecule has 100 valence electrons. The lowest BCUT2D eigenvalue weighted by Crippen LogP contribution is -2.17. The summed E-state index contributed by atoms with van der Waals surface area (Å²) >= 11 is 0. The van der Waals surface area contributed by atoms with Crippen LogP contribution in [0, 0.1) is 12.7 Å². The molecule has 0 spiro atoms. The van der Waals surface area contributed by atoms with Crippen LogP contribution in [-0.2, 0) is 0 Å². The average molecular weight is 257 g/mol. The number of benzene rings is 2. The van der Waals surface area contributed by atoms with Gasteiger partial charge in [-0.3, -0.25) is 0 Å². The zero-order valence-electron chi connectivity index (χ0n) is 11.7. The molecule has 0 amide bonds. The summed E-state index contributed by atoms with van der Waals surface area (Å²) in [6, 6.07) is 13.6. The molecule has 1 unspecified atom stereocenters. The van der Waals surface area contributed by atoms with E-state index in [1.807, 2.05) is 25.1 Å². The van der Waals surface area contributed by atoms with Crippen LogP contribution in [0.15, 0.2) is 42.5 Å². The fourth-order valence-electron chi connectivity index (χ4n) is 2.24. The third-order valence-corrected chi connectivity index (χ3v) is 3.35. The summed E-state index contributed by atoms with van der Waals surface area (Å²) in [6.07, 6.45) is 0. The van der Waals surface area contributed by atoms with Gasteiger partial charge in [0, 0.05) is 11.6 Å². The fourth-order valence-corrected chi connectivity index (χ4v) is 2.24. The molecule has 0 fully saturated rings. The molecule has 0 radical (unpaired) electrons. The maximum atomic E-state index is 13.8. The molecule has 0 aromatic heterocycles. The Labute approximate surface area is 114 Å². The SMILES string of the molecule is CCNC(C)c1ccc(-c2cc(C)ccc2F)cc1. The minimum atomic E-state index is -0.168. The van der Waals surface area contributed by atoms with E-state index in [0.717, 1.165) is 17.7 Å². The van der Waals surface area contributed by atoms with Crippen LogP contribution in [0.2, 0.25) is 0 Å². The van der Waals surface area contributed by atoms with E-state index in [1.54, 1.807) is 6.07 Å². The highest BCUT2D eigenvalue weighted by molar-refractivity contribution is 5.65. The first-order valence-electron chi connectivity index (χ1n) is 6.71. The van der Waals surface area contributed by atoms with Crippen molar-refractivity contribution in [3.8, 4) is 11.1 Å². The Hall–Kier alpha value is -1.67. The van der Waals surface area contributed by atoms with Gasteiger partial charge in [-0.25, -0.2) is 4.39 Å². The van der Waals surface area contributed by atoms with Crippen LogP contribution in [-0.4, -0.2) is 6.54 Å².